The molecular formula is C19H22N6O2. The monoisotopic (exact) mass is 366 g/mol. The van der Waals surface area contributed by atoms with Crippen molar-refractivity contribution in [1.29, 1.82) is 0 Å². The molecule has 3 aromatic rings. The predicted octanol–water partition coefficient (Wildman–Crippen LogP) is 1.67. The van der Waals surface area contributed by atoms with E-state index in [1.54, 1.807) is 36.2 Å². The smallest absolute Gasteiger partial charge is 0.253 e. The molecule has 0 radical (unpaired) electrons. The zero-order valence-corrected chi connectivity index (χ0v) is 15.5. The Balaban J connectivity index is 1.77. The fraction of sp³-hybridized carbons (Fsp3) is 0.263. The maximum atomic E-state index is 12.8. The molecule has 0 aliphatic heterocycles. The SMILES string of the molecule is Cc1n[nH]c(C)c1CCN(C)C(=O)c1cccc(-c2cc(=O)[nH]c(N)n2)c1. The first-order valence-electron chi connectivity index (χ1n) is 8.58. The summed E-state index contributed by atoms with van der Waals surface area (Å²) in [7, 11) is 1.77. The van der Waals surface area contributed by atoms with Crippen molar-refractivity contribution >= 4 is 11.9 Å². The molecule has 27 heavy (non-hydrogen) atoms. The van der Waals surface area contributed by atoms with Gasteiger partial charge in [0, 0.05) is 36.5 Å². The lowest BCUT2D eigenvalue weighted by molar-refractivity contribution is 0.0796. The van der Waals surface area contributed by atoms with E-state index < -0.39 is 0 Å². The molecule has 3 rings (SSSR count). The maximum Gasteiger partial charge on any atom is 0.253 e. The van der Waals surface area contributed by atoms with Gasteiger partial charge in [0.25, 0.3) is 11.5 Å². The van der Waals surface area contributed by atoms with Crippen LogP contribution in [0.2, 0.25) is 0 Å². The lowest BCUT2D eigenvalue weighted by atomic mass is 10.1. The van der Waals surface area contributed by atoms with Gasteiger partial charge in [0.05, 0.1) is 11.4 Å². The van der Waals surface area contributed by atoms with E-state index in [1.165, 1.54) is 6.07 Å². The Labute approximate surface area is 156 Å². The van der Waals surface area contributed by atoms with Crippen molar-refractivity contribution in [3.8, 4) is 11.3 Å². The Morgan fingerprint density at radius 1 is 1.26 bits per heavy atom. The molecule has 8 nitrogen and oxygen atoms in total. The van der Waals surface area contributed by atoms with E-state index >= 15 is 0 Å². The molecule has 0 saturated carbocycles. The molecular weight excluding hydrogens is 344 g/mol. The quantitative estimate of drug-likeness (QED) is 0.634. The van der Waals surface area contributed by atoms with Crippen LogP contribution < -0.4 is 11.3 Å². The van der Waals surface area contributed by atoms with Crippen molar-refractivity contribution in [2.24, 2.45) is 0 Å². The van der Waals surface area contributed by atoms with Crippen LogP contribution in [0.5, 0.6) is 0 Å². The first-order chi connectivity index (χ1) is 12.8. The van der Waals surface area contributed by atoms with Gasteiger partial charge in [-0.3, -0.25) is 19.7 Å². The number of likely N-dealkylation sites (N-methyl/N-ethyl adjacent to an activating group) is 1. The van der Waals surface area contributed by atoms with Gasteiger partial charge in [0.2, 0.25) is 5.95 Å². The van der Waals surface area contributed by atoms with Crippen molar-refractivity contribution < 1.29 is 4.79 Å². The van der Waals surface area contributed by atoms with E-state index in [9.17, 15) is 9.59 Å². The minimum absolute atomic E-state index is 0.0391. The molecule has 0 atom stereocenters. The van der Waals surface area contributed by atoms with E-state index in [-0.39, 0.29) is 17.4 Å². The zero-order chi connectivity index (χ0) is 19.6. The van der Waals surface area contributed by atoms with Crippen LogP contribution in [0.15, 0.2) is 35.1 Å². The molecule has 0 bridgehead atoms. The number of aryl methyl sites for hydroxylation is 2. The number of benzene rings is 1. The van der Waals surface area contributed by atoms with E-state index in [0.29, 0.717) is 23.4 Å². The molecule has 2 aromatic heterocycles. The summed E-state index contributed by atoms with van der Waals surface area (Å²) in [6, 6.07) is 8.37. The summed E-state index contributed by atoms with van der Waals surface area (Å²) in [5.74, 6) is -0.0642. The van der Waals surface area contributed by atoms with Gasteiger partial charge in [-0.25, -0.2) is 4.98 Å². The van der Waals surface area contributed by atoms with Gasteiger partial charge in [-0.05, 0) is 38.0 Å². The highest BCUT2D eigenvalue weighted by Crippen LogP contribution is 2.19. The molecule has 2 heterocycles. The fourth-order valence-corrected chi connectivity index (χ4v) is 2.98. The summed E-state index contributed by atoms with van der Waals surface area (Å²) in [5.41, 5.74) is 9.99. The average molecular weight is 366 g/mol. The van der Waals surface area contributed by atoms with Crippen LogP contribution in [-0.2, 0) is 6.42 Å². The summed E-state index contributed by atoms with van der Waals surface area (Å²) in [4.78, 5) is 32.6. The van der Waals surface area contributed by atoms with Gasteiger partial charge < -0.3 is 10.6 Å². The standard InChI is InChI=1S/C19H22N6O2/c1-11-15(12(2)24-23-11)7-8-25(3)18(27)14-6-4-5-13(9-14)16-10-17(26)22-19(20)21-16/h4-6,9-10H,7-8H2,1-3H3,(H,23,24)(H3,20,21,22,26). The van der Waals surface area contributed by atoms with Gasteiger partial charge in [-0.2, -0.15) is 5.10 Å². The average Bonchev–Trinajstić information content (AvgIpc) is 2.96. The molecule has 0 spiro atoms. The van der Waals surface area contributed by atoms with Crippen molar-refractivity contribution in [1.82, 2.24) is 25.1 Å². The number of nitrogens with one attached hydrogen (secondary N) is 2. The number of amides is 1. The highest BCUT2D eigenvalue weighted by Gasteiger charge is 2.15. The fourth-order valence-electron chi connectivity index (χ4n) is 2.98. The number of carbonyl (C=O) groups is 1. The van der Waals surface area contributed by atoms with E-state index in [2.05, 4.69) is 20.2 Å². The molecule has 0 saturated heterocycles. The third-order valence-corrected chi connectivity index (χ3v) is 4.49. The third-order valence-electron chi connectivity index (χ3n) is 4.49. The van der Waals surface area contributed by atoms with Crippen molar-refractivity contribution in [2.75, 3.05) is 19.3 Å². The van der Waals surface area contributed by atoms with Gasteiger partial charge in [0.15, 0.2) is 0 Å². The number of hydrogen-bond acceptors (Lipinski definition) is 5. The number of hydrogen-bond donors (Lipinski definition) is 3. The Hall–Kier alpha value is -3.42. The van der Waals surface area contributed by atoms with Crippen LogP contribution in [0.25, 0.3) is 11.3 Å². The lowest BCUT2D eigenvalue weighted by Crippen LogP contribution is -2.29. The van der Waals surface area contributed by atoms with Crippen LogP contribution in [0.4, 0.5) is 5.95 Å². The predicted molar refractivity (Wildman–Crippen MR) is 103 cm³/mol. The first kappa shape index (κ1) is 18.4. The van der Waals surface area contributed by atoms with E-state index in [1.807, 2.05) is 13.8 Å². The molecule has 8 heteroatoms. The second-order valence-electron chi connectivity index (χ2n) is 6.49. The van der Waals surface area contributed by atoms with Crippen molar-refractivity contribution in [2.45, 2.75) is 20.3 Å². The summed E-state index contributed by atoms with van der Waals surface area (Å²) in [6.45, 7) is 4.49. The molecule has 0 unspecified atom stereocenters. The minimum atomic E-state index is -0.336. The molecule has 1 aromatic carbocycles. The number of nitrogens with zero attached hydrogens (tertiary/aromatic N) is 3. The number of H-pyrrole nitrogens is 2. The largest absolute Gasteiger partial charge is 0.369 e. The Bertz CT molecular complexity index is 1020. The van der Waals surface area contributed by atoms with Crippen LogP contribution >= 0.6 is 0 Å². The highest BCUT2D eigenvalue weighted by molar-refractivity contribution is 5.95. The number of nitrogen functional groups attached to an aromatic ring is 1. The summed E-state index contributed by atoms with van der Waals surface area (Å²) >= 11 is 0. The minimum Gasteiger partial charge on any atom is -0.369 e. The van der Waals surface area contributed by atoms with Crippen molar-refractivity contribution in [3.05, 3.63) is 63.2 Å². The topological polar surface area (TPSA) is 121 Å². The van der Waals surface area contributed by atoms with Crippen LogP contribution in [-0.4, -0.2) is 44.6 Å². The molecule has 140 valence electrons. The molecule has 0 fully saturated rings. The van der Waals surface area contributed by atoms with Gasteiger partial charge in [0.1, 0.15) is 0 Å². The summed E-state index contributed by atoms with van der Waals surface area (Å²) in [5, 5.41) is 7.14. The van der Waals surface area contributed by atoms with Crippen LogP contribution in [0.3, 0.4) is 0 Å². The van der Waals surface area contributed by atoms with Gasteiger partial charge in [-0.15, -0.1) is 0 Å². The molecule has 4 N–H and O–H groups in total. The van der Waals surface area contributed by atoms with Gasteiger partial charge in [-0.1, -0.05) is 12.1 Å². The van der Waals surface area contributed by atoms with Crippen molar-refractivity contribution in [3.63, 3.8) is 0 Å². The van der Waals surface area contributed by atoms with E-state index in [0.717, 1.165) is 23.4 Å². The van der Waals surface area contributed by atoms with Gasteiger partial charge >= 0.3 is 0 Å². The Kier molecular flexibility index (Phi) is 5.07. The number of rotatable bonds is 5. The van der Waals surface area contributed by atoms with Crippen LogP contribution in [0.1, 0.15) is 27.3 Å². The molecule has 0 aliphatic rings. The molecule has 0 aliphatic carbocycles. The summed E-state index contributed by atoms with van der Waals surface area (Å²) in [6.07, 6.45) is 0.724. The first-order valence-corrected chi connectivity index (χ1v) is 8.58. The number of aromatic nitrogens is 4. The molecule has 1 amide bonds. The van der Waals surface area contributed by atoms with Crippen LogP contribution in [0, 0.1) is 13.8 Å². The van der Waals surface area contributed by atoms with E-state index in [4.69, 9.17) is 5.73 Å². The maximum absolute atomic E-state index is 12.8. The second kappa shape index (κ2) is 7.45. The zero-order valence-electron chi connectivity index (χ0n) is 15.5. The highest BCUT2D eigenvalue weighted by atomic mass is 16.2. The number of aromatic amines is 2. The summed E-state index contributed by atoms with van der Waals surface area (Å²) < 4.78 is 0. The number of carbonyl (C=O) groups excluding carboxylic acids is 1. The number of nitrogens with two attached hydrogens (primary N) is 1. The normalized spacial score (nSPS) is 10.8. The number of anilines is 1. The Morgan fingerprint density at radius 2 is 2.04 bits per heavy atom. The third kappa shape index (κ3) is 4.05. The lowest BCUT2D eigenvalue weighted by Gasteiger charge is -2.18. The Morgan fingerprint density at radius 3 is 2.70 bits per heavy atom. The second-order valence-corrected chi connectivity index (χ2v) is 6.49.